The topological polar surface area (TPSA) is 68.0 Å². The van der Waals surface area contributed by atoms with Crippen molar-refractivity contribution in [2.45, 2.75) is 25.9 Å². The number of hydrogen-bond acceptors (Lipinski definition) is 3. The third-order valence-electron chi connectivity index (χ3n) is 2.82. The Bertz CT molecular complexity index is 665. The Morgan fingerprint density at radius 3 is 2.67 bits per heavy atom. The fraction of sp³-hybridized carbons (Fsp3) is 0.308. The van der Waals surface area contributed by atoms with Crippen molar-refractivity contribution in [1.29, 1.82) is 0 Å². The number of carboxylic acid groups (broad SMARTS) is 1. The van der Waals surface area contributed by atoms with E-state index in [-0.39, 0.29) is 11.4 Å². The van der Waals surface area contributed by atoms with Crippen LogP contribution in [-0.4, -0.2) is 25.6 Å². The Balaban J connectivity index is 2.63. The van der Waals surface area contributed by atoms with Crippen LogP contribution >= 0.6 is 0 Å². The van der Waals surface area contributed by atoms with Crippen LogP contribution in [-0.2, 0) is 12.6 Å². The molecule has 8 heteroatoms. The highest BCUT2D eigenvalue weighted by Gasteiger charge is 2.34. The summed E-state index contributed by atoms with van der Waals surface area (Å²) in [6.45, 7) is 1.89. The van der Waals surface area contributed by atoms with E-state index in [0.29, 0.717) is 18.3 Å². The second kappa shape index (κ2) is 5.55. The fourth-order valence-electron chi connectivity index (χ4n) is 1.89. The van der Waals surface area contributed by atoms with Crippen molar-refractivity contribution in [3.8, 4) is 5.82 Å². The zero-order chi connectivity index (χ0) is 15.6. The van der Waals surface area contributed by atoms with Crippen LogP contribution in [0.5, 0.6) is 0 Å². The molecule has 0 saturated carbocycles. The number of alkyl halides is 3. The molecule has 2 heterocycles. The molecule has 2 aromatic heterocycles. The minimum Gasteiger partial charge on any atom is -0.478 e. The van der Waals surface area contributed by atoms with Crippen LogP contribution in [0.3, 0.4) is 0 Å². The maximum atomic E-state index is 12.8. The summed E-state index contributed by atoms with van der Waals surface area (Å²) in [5.41, 5.74) is -1.45. The minimum atomic E-state index is -4.64. The number of nitrogens with zero attached hydrogens (tertiary/aromatic N) is 3. The molecular formula is C13H12F3N3O2. The van der Waals surface area contributed by atoms with Gasteiger partial charge in [0.25, 0.3) is 0 Å². The second-order valence-electron chi connectivity index (χ2n) is 4.33. The maximum Gasteiger partial charge on any atom is 0.433 e. The van der Waals surface area contributed by atoms with Crippen LogP contribution in [0.2, 0.25) is 0 Å². The van der Waals surface area contributed by atoms with Crippen LogP contribution < -0.4 is 0 Å². The molecule has 0 saturated heterocycles. The molecule has 0 aliphatic heterocycles. The Morgan fingerprint density at radius 1 is 1.38 bits per heavy atom. The summed E-state index contributed by atoms with van der Waals surface area (Å²) in [5.74, 6) is -1.16. The van der Waals surface area contributed by atoms with E-state index >= 15 is 0 Å². The molecule has 0 aliphatic rings. The number of aromatic nitrogens is 3. The van der Waals surface area contributed by atoms with E-state index in [1.807, 2.05) is 6.92 Å². The van der Waals surface area contributed by atoms with Gasteiger partial charge >= 0.3 is 12.1 Å². The van der Waals surface area contributed by atoms with Crippen molar-refractivity contribution in [2.75, 3.05) is 0 Å². The molecule has 0 bridgehead atoms. The first-order valence-electron chi connectivity index (χ1n) is 6.18. The minimum absolute atomic E-state index is 0.279. The number of aryl methyl sites for hydroxylation is 1. The summed E-state index contributed by atoms with van der Waals surface area (Å²) >= 11 is 0. The first kappa shape index (κ1) is 15.0. The van der Waals surface area contributed by atoms with Crippen LogP contribution in [0, 0.1) is 0 Å². The lowest BCUT2D eigenvalue weighted by Gasteiger charge is -2.12. The van der Waals surface area contributed by atoms with Crippen molar-refractivity contribution in [1.82, 2.24) is 14.5 Å². The van der Waals surface area contributed by atoms with E-state index in [1.165, 1.54) is 17.0 Å². The largest absolute Gasteiger partial charge is 0.478 e. The number of pyridine rings is 1. The van der Waals surface area contributed by atoms with Gasteiger partial charge in [-0.25, -0.2) is 14.8 Å². The average molecular weight is 299 g/mol. The van der Waals surface area contributed by atoms with Crippen LogP contribution in [0.1, 0.15) is 35.2 Å². The zero-order valence-electron chi connectivity index (χ0n) is 11.1. The van der Waals surface area contributed by atoms with Gasteiger partial charge in [0.05, 0.1) is 0 Å². The highest BCUT2D eigenvalue weighted by Crippen LogP contribution is 2.29. The molecule has 2 aromatic rings. The Hall–Kier alpha value is -2.38. The van der Waals surface area contributed by atoms with Crippen molar-refractivity contribution in [3.63, 3.8) is 0 Å². The van der Waals surface area contributed by atoms with Gasteiger partial charge in [0, 0.05) is 18.8 Å². The summed E-state index contributed by atoms with van der Waals surface area (Å²) in [4.78, 5) is 18.7. The molecule has 0 unspecified atom stereocenters. The molecular weight excluding hydrogens is 287 g/mol. The fourth-order valence-corrected chi connectivity index (χ4v) is 1.89. The van der Waals surface area contributed by atoms with Gasteiger partial charge in [-0.05, 0) is 18.6 Å². The Kier molecular flexibility index (Phi) is 3.97. The standard InChI is InChI=1S/C13H12F3N3O2/c1-2-3-10-17-6-7-19(10)11-8(12(20)21)4-5-9(18-11)13(14,15)16/h4-7H,2-3H2,1H3,(H,20,21). The van der Waals surface area contributed by atoms with Gasteiger partial charge in [-0.15, -0.1) is 0 Å². The van der Waals surface area contributed by atoms with Gasteiger partial charge in [0.1, 0.15) is 17.1 Å². The molecule has 0 amide bonds. The Labute approximate surface area is 118 Å². The lowest BCUT2D eigenvalue weighted by Crippen LogP contribution is -2.15. The monoisotopic (exact) mass is 299 g/mol. The van der Waals surface area contributed by atoms with Crippen molar-refractivity contribution in [2.24, 2.45) is 0 Å². The number of hydrogen-bond donors (Lipinski definition) is 1. The summed E-state index contributed by atoms with van der Waals surface area (Å²) in [7, 11) is 0. The van der Waals surface area contributed by atoms with E-state index in [0.717, 1.165) is 12.5 Å². The normalized spacial score (nSPS) is 11.6. The predicted molar refractivity (Wildman–Crippen MR) is 67.3 cm³/mol. The zero-order valence-corrected chi connectivity index (χ0v) is 11.1. The second-order valence-corrected chi connectivity index (χ2v) is 4.33. The number of rotatable bonds is 4. The van der Waals surface area contributed by atoms with E-state index in [9.17, 15) is 18.0 Å². The molecule has 0 radical (unpaired) electrons. The van der Waals surface area contributed by atoms with Crippen LogP contribution in [0.25, 0.3) is 5.82 Å². The molecule has 0 spiro atoms. The summed E-state index contributed by atoms with van der Waals surface area (Å²) in [5, 5.41) is 9.12. The Morgan fingerprint density at radius 2 is 2.10 bits per heavy atom. The predicted octanol–water partition coefficient (Wildman–Crippen LogP) is 2.94. The number of carbonyl (C=O) groups is 1. The number of aromatic carboxylic acids is 1. The van der Waals surface area contributed by atoms with Gasteiger partial charge in [-0.1, -0.05) is 6.92 Å². The van der Waals surface area contributed by atoms with Gasteiger partial charge in [-0.2, -0.15) is 13.2 Å². The molecule has 0 aromatic carbocycles. The molecule has 1 N–H and O–H groups in total. The molecule has 2 rings (SSSR count). The van der Waals surface area contributed by atoms with Crippen LogP contribution in [0.4, 0.5) is 13.2 Å². The van der Waals surface area contributed by atoms with Gasteiger partial charge in [-0.3, -0.25) is 4.57 Å². The lowest BCUT2D eigenvalue weighted by molar-refractivity contribution is -0.141. The SMILES string of the molecule is CCCc1nccn1-c1nc(C(F)(F)F)ccc1C(=O)O. The highest BCUT2D eigenvalue weighted by atomic mass is 19.4. The number of halogens is 3. The maximum absolute atomic E-state index is 12.8. The molecule has 112 valence electrons. The van der Waals surface area contributed by atoms with Crippen LogP contribution in [0.15, 0.2) is 24.5 Å². The molecule has 5 nitrogen and oxygen atoms in total. The third kappa shape index (κ3) is 3.04. The van der Waals surface area contributed by atoms with E-state index in [1.54, 1.807) is 0 Å². The van der Waals surface area contributed by atoms with Gasteiger partial charge < -0.3 is 5.11 Å². The quantitative estimate of drug-likeness (QED) is 0.942. The highest BCUT2D eigenvalue weighted by molar-refractivity contribution is 5.91. The van der Waals surface area contributed by atoms with Gasteiger partial charge in [0.15, 0.2) is 5.82 Å². The van der Waals surface area contributed by atoms with Crippen molar-refractivity contribution >= 4 is 5.97 Å². The smallest absolute Gasteiger partial charge is 0.433 e. The van der Waals surface area contributed by atoms with Gasteiger partial charge in [0.2, 0.25) is 0 Å². The van der Waals surface area contributed by atoms with E-state index < -0.39 is 17.8 Å². The number of imidazole rings is 1. The lowest BCUT2D eigenvalue weighted by atomic mass is 10.2. The first-order chi connectivity index (χ1) is 9.84. The van der Waals surface area contributed by atoms with Crippen molar-refractivity contribution < 1.29 is 23.1 Å². The molecule has 0 fully saturated rings. The third-order valence-corrected chi connectivity index (χ3v) is 2.82. The van der Waals surface area contributed by atoms with E-state index in [2.05, 4.69) is 9.97 Å². The molecule has 21 heavy (non-hydrogen) atoms. The molecule has 0 aliphatic carbocycles. The number of carboxylic acids is 1. The first-order valence-corrected chi connectivity index (χ1v) is 6.18. The summed E-state index contributed by atoms with van der Waals surface area (Å²) < 4.78 is 39.5. The van der Waals surface area contributed by atoms with E-state index in [4.69, 9.17) is 5.11 Å². The van der Waals surface area contributed by atoms with Crippen molar-refractivity contribution in [3.05, 3.63) is 41.6 Å². The average Bonchev–Trinajstić information content (AvgIpc) is 2.85. The summed E-state index contributed by atoms with van der Waals surface area (Å²) in [6, 6.07) is 1.56. The summed E-state index contributed by atoms with van der Waals surface area (Å²) in [6.07, 6.45) is -0.613. The molecule has 0 atom stereocenters.